The van der Waals surface area contributed by atoms with E-state index in [1.807, 2.05) is 0 Å². The summed E-state index contributed by atoms with van der Waals surface area (Å²) >= 11 is 0. The third kappa shape index (κ3) is 5.72. The molecule has 2 N–H and O–H groups in total. The van der Waals surface area contributed by atoms with Crippen LogP contribution in [-0.2, 0) is 39.9 Å². The first-order chi connectivity index (χ1) is 19.5. The second kappa shape index (κ2) is 11.3. The van der Waals surface area contributed by atoms with Crippen molar-refractivity contribution in [2.24, 2.45) is 0 Å². The molecule has 0 radical (unpaired) electrons. The largest absolute Gasteiger partial charge is 0.430 e. The monoisotopic (exact) mass is 620 g/mol. The van der Waals surface area contributed by atoms with Gasteiger partial charge in [0.1, 0.15) is 11.6 Å². The molecule has 4 rings (SSSR count). The summed E-state index contributed by atoms with van der Waals surface area (Å²) in [6.45, 7) is -0.414. The quantitative estimate of drug-likeness (QED) is 0.353. The molecule has 15 heteroatoms. The lowest BCUT2D eigenvalue weighted by atomic mass is 9.87. The van der Waals surface area contributed by atoms with Gasteiger partial charge in [-0.05, 0) is 65.9 Å². The van der Waals surface area contributed by atoms with Gasteiger partial charge in [-0.15, -0.1) is 0 Å². The molecule has 1 atom stereocenters. The van der Waals surface area contributed by atoms with Crippen molar-refractivity contribution >= 4 is 21.5 Å². The second-order valence-corrected chi connectivity index (χ2v) is 11.5. The molecule has 1 aliphatic heterocycles. The van der Waals surface area contributed by atoms with Crippen LogP contribution in [0.1, 0.15) is 35.1 Å². The van der Waals surface area contributed by atoms with Gasteiger partial charge < -0.3 is 10.2 Å². The van der Waals surface area contributed by atoms with Crippen LogP contribution >= 0.6 is 0 Å². The van der Waals surface area contributed by atoms with Crippen LogP contribution in [0.25, 0.3) is 0 Å². The molecule has 0 saturated carbocycles. The maximum absolute atomic E-state index is 13.8. The Kier molecular flexibility index (Phi) is 8.41. The van der Waals surface area contributed by atoms with Crippen LogP contribution in [-0.4, -0.2) is 47.8 Å². The first-order valence-electron chi connectivity index (χ1n) is 12.3. The number of nitrogens with zero attached hydrogens (tertiary/aromatic N) is 2. The lowest BCUT2D eigenvalue weighted by molar-refractivity contribution is -0.376. The van der Waals surface area contributed by atoms with Gasteiger partial charge >= 0.3 is 12.4 Å². The van der Waals surface area contributed by atoms with E-state index in [0.717, 1.165) is 34.6 Å². The first-order valence-corrected chi connectivity index (χ1v) is 13.8. The minimum atomic E-state index is -6.15. The molecule has 226 valence electrons. The van der Waals surface area contributed by atoms with Crippen LogP contribution in [0.2, 0.25) is 0 Å². The highest BCUT2D eigenvalue weighted by molar-refractivity contribution is 7.92. The van der Waals surface area contributed by atoms with Crippen molar-refractivity contribution in [1.29, 1.82) is 0 Å². The first kappa shape index (κ1) is 31.4. The Bertz CT molecular complexity index is 1560. The third-order valence-corrected chi connectivity index (χ3v) is 8.91. The maximum Gasteiger partial charge on any atom is 0.430 e. The van der Waals surface area contributed by atoms with E-state index in [2.05, 4.69) is 4.98 Å². The number of aliphatic hydroxyl groups excluding tert-OH is 1. The summed E-state index contributed by atoms with van der Waals surface area (Å²) in [6.07, 6.45) is -10.6. The Hall–Kier alpha value is -3.56. The van der Waals surface area contributed by atoms with Gasteiger partial charge in [0.05, 0.1) is 23.2 Å². The van der Waals surface area contributed by atoms with Crippen LogP contribution in [0.5, 0.6) is 0 Å². The molecule has 3 aromatic rings. The van der Waals surface area contributed by atoms with Crippen molar-refractivity contribution < 1.29 is 54.2 Å². The van der Waals surface area contributed by atoms with Crippen LogP contribution in [0, 0.1) is 5.82 Å². The van der Waals surface area contributed by atoms with E-state index < -0.39 is 69.1 Å². The van der Waals surface area contributed by atoms with Crippen molar-refractivity contribution in [2.75, 3.05) is 4.31 Å². The normalized spacial score (nSPS) is 16.3. The van der Waals surface area contributed by atoms with E-state index in [9.17, 15) is 54.2 Å². The number of ketones is 1. The summed E-state index contributed by atoms with van der Waals surface area (Å²) < 4.78 is 123. The molecule has 0 fully saturated rings. The molecule has 1 aromatic heterocycles. The molecular formula is C27H23F7N2O5S. The highest BCUT2D eigenvalue weighted by Gasteiger charge is 2.71. The molecule has 42 heavy (non-hydrogen) atoms. The number of carbonyl (C=O) groups excluding carboxylic acids is 1. The highest BCUT2D eigenvalue weighted by Crippen LogP contribution is 2.51. The van der Waals surface area contributed by atoms with Crippen molar-refractivity contribution in [1.82, 2.24) is 4.98 Å². The molecule has 0 bridgehead atoms. The molecule has 2 heterocycles. The van der Waals surface area contributed by atoms with E-state index >= 15 is 0 Å². The Morgan fingerprint density at radius 2 is 1.62 bits per heavy atom. The predicted octanol–water partition coefficient (Wildman–Crippen LogP) is 4.74. The van der Waals surface area contributed by atoms with E-state index in [1.54, 1.807) is 0 Å². The number of alkyl halides is 6. The fourth-order valence-electron chi connectivity index (χ4n) is 4.90. The number of hydrogen-bond donors (Lipinski definition) is 2. The summed E-state index contributed by atoms with van der Waals surface area (Å²) in [5, 5.41) is 19.4. The number of fused-ring (bicyclic) bond motifs is 1. The zero-order valence-electron chi connectivity index (χ0n) is 21.5. The number of Topliss-reactive ketones (excluding diaryl/α,β-unsaturated/α-hetero) is 1. The molecule has 0 spiro atoms. The zero-order chi connectivity index (χ0) is 31.1. The Morgan fingerprint density at radius 3 is 2.21 bits per heavy atom. The van der Waals surface area contributed by atoms with Gasteiger partial charge in [0.25, 0.3) is 15.6 Å². The second-order valence-electron chi connectivity index (χ2n) is 9.72. The van der Waals surface area contributed by atoms with E-state index in [1.165, 1.54) is 18.5 Å². The Morgan fingerprint density at radius 1 is 0.976 bits per heavy atom. The average Bonchev–Trinajstić information content (AvgIpc) is 2.91. The minimum absolute atomic E-state index is 0.178. The number of carbonyl (C=O) groups is 1. The van der Waals surface area contributed by atoms with Gasteiger partial charge in [-0.1, -0.05) is 12.1 Å². The fourth-order valence-corrected chi connectivity index (χ4v) is 6.62. The lowest BCUT2D eigenvalue weighted by Gasteiger charge is -2.39. The molecular weight excluding hydrogens is 597 g/mol. The summed E-state index contributed by atoms with van der Waals surface area (Å²) in [5.41, 5.74) is -6.51. The molecule has 1 aliphatic rings. The molecule has 0 aliphatic carbocycles. The number of pyridine rings is 1. The van der Waals surface area contributed by atoms with Crippen molar-refractivity contribution in [3.8, 4) is 0 Å². The number of halogens is 7. The van der Waals surface area contributed by atoms with Crippen LogP contribution in [0.15, 0.2) is 65.8 Å². The van der Waals surface area contributed by atoms with Crippen molar-refractivity contribution in [3.63, 3.8) is 0 Å². The van der Waals surface area contributed by atoms with Crippen LogP contribution in [0.4, 0.5) is 36.4 Å². The number of aryl methyl sites for hydroxylation is 1. The van der Waals surface area contributed by atoms with Gasteiger partial charge in [-0.2, -0.15) is 26.3 Å². The van der Waals surface area contributed by atoms with Crippen molar-refractivity contribution in [3.05, 3.63) is 89.0 Å². The van der Waals surface area contributed by atoms with Gasteiger partial charge in [0.2, 0.25) is 0 Å². The fraction of sp³-hybridized carbons (Fsp3) is 0.333. The van der Waals surface area contributed by atoms with Crippen LogP contribution < -0.4 is 4.31 Å². The van der Waals surface area contributed by atoms with Gasteiger partial charge in [-0.25, -0.2) is 12.8 Å². The number of aromatic nitrogens is 1. The van der Waals surface area contributed by atoms with Gasteiger partial charge in [-0.3, -0.25) is 14.1 Å². The molecule has 7 nitrogen and oxygen atoms in total. The lowest BCUT2D eigenvalue weighted by Crippen LogP contribution is -2.54. The van der Waals surface area contributed by atoms with E-state index in [4.69, 9.17) is 0 Å². The number of aliphatic hydroxyl groups is 2. The molecule has 0 unspecified atom stereocenters. The maximum atomic E-state index is 13.8. The van der Waals surface area contributed by atoms with E-state index in [0.29, 0.717) is 23.3 Å². The Balaban J connectivity index is 1.79. The standard InChI is InChI=1S/C27H23F7N2O5S/c28-20-3-6-23(7-4-20)42(40,41)36-21(13-22(38)12-16-9-10-35-14-18(16)15-37)5-1-17-11-19(2-8-24(17)36)25(39,26(29,30)31)27(32,33)34/h2-4,6-11,14,21,37,39H,1,5,12-13,15H2/t21-/m0/s1. The van der Waals surface area contributed by atoms with Gasteiger partial charge in [0, 0.05) is 30.8 Å². The number of hydrogen-bond acceptors (Lipinski definition) is 6. The predicted molar refractivity (Wildman–Crippen MR) is 134 cm³/mol. The average molecular weight is 621 g/mol. The molecule has 0 saturated heterocycles. The topological polar surface area (TPSA) is 108 Å². The number of anilines is 1. The molecule has 0 amide bonds. The number of sulfonamides is 1. The summed E-state index contributed by atoms with van der Waals surface area (Å²) in [4.78, 5) is 16.5. The summed E-state index contributed by atoms with van der Waals surface area (Å²) in [5.74, 6) is -1.23. The van der Waals surface area contributed by atoms with E-state index in [-0.39, 0.29) is 30.5 Å². The minimum Gasteiger partial charge on any atom is -0.392 e. The van der Waals surface area contributed by atoms with Crippen LogP contribution in [0.3, 0.4) is 0 Å². The van der Waals surface area contributed by atoms with Crippen molar-refractivity contribution in [2.45, 2.75) is 61.2 Å². The number of benzene rings is 2. The highest BCUT2D eigenvalue weighted by atomic mass is 32.2. The SMILES string of the molecule is O=C(Cc1ccncc1CO)C[C@@H]1CCc2cc(C(O)(C(F)(F)F)C(F)(F)F)ccc2N1S(=O)(=O)c1ccc(F)cc1. The van der Waals surface area contributed by atoms with Gasteiger partial charge in [0.15, 0.2) is 0 Å². The summed E-state index contributed by atoms with van der Waals surface area (Å²) in [6, 6.07) is 5.46. The Labute approximate surface area is 235 Å². The molecule has 2 aromatic carbocycles. The smallest absolute Gasteiger partial charge is 0.392 e. The number of rotatable bonds is 8. The zero-order valence-corrected chi connectivity index (χ0v) is 22.3. The third-order valence-electron chi connectivity index (χ3n) is 7.03. The summed E-state index contributed by atoms with van der Waals surface area (Å²) in [7, 11) is -4.62.